The van der Waals surface area contributed by atoms with Crippen LogP contribution in [0.15, 0.2) is 18.2 Å². The van der Waals surface area contributed by atoms with Gasteiger partial charge in [0.25, 0.3) is 5.91 Å². The van der Waals surface area contributed by atoms with Gasteiger partial charge in [0.1, 0.15) is 0 Å². The fourth-order valence-corrected chi connectivity index (χ4v) is 1.79. The van der Waals surface area contributed by atoms with E-state index < -0.39 is 17.5 Å². The minimum atomic E-state index is -1.18. The Labute approximate surface area is 116 Å². The van der Waals surface area contributed by atoms with E-state index in [9.17, 15) is 18.4 Å². The van der Waals surface area contributed by atoms with Crippen LogP contribution in [0.2, 0.25) is 0 Å². The first-order valence-corrected chi connectivity index (χ1v) is 6.51. The minimum absolute atomic E-state index is 0.0874. The number of benzene rings is 1. The van der Waals surface area contributed by atoms with Crippen LogP contribution in [-0.4, -0.2) is 36.3 Å². The topological polar surface area (TPSA) is 49.4 Å². The average molecular weight is 284 g/mol. The molecule has 0 atom stereocenters. The smallest absolute Gasteiger partial charge is 0.254 e. The van der Waals surface area contributed by atoms with Crippen molar-refractivity contribution in [2.45, 2.75) is 20.3 Å². The molecule has 6 heteroatoms. The van der Waals surface area contributed by atoms with E-state index in [1.165, 1.54) is 12.1 Å². The molecule has 0 aliphatic heterocycles. The third-order valence-electron chi connectivity index (χ3n) is 2.94. The van der Waals surface area contributed by atoms with Gasteiger partial charge in [-0.25, -0.2) is 8.78 Å². The summed E-state index contributed by atoms with van der Waals surface area (Å²) in [5, 5.41) is 2.41. The molecule has 0 saturated heterocycles. The molecule has 2 amide bonds. The molecule has 110 valence electrons. The van der Waals surface area contributed by atoms with Crippen LogP contribution in [0.5, 0.6) is 0 Å². The Kier molecular flexibility index (Phi) is 6.09. The molecule has 1 aromatic carbocycles. The molecule has 20 heavy (non-hydrogen) atoms. The molecule has 0 spiro atoms. The monoisotopic (exact) mass is 284 g/mol. The largest absolute Gasteiger partial charge is 0.351 e. The van der Waals surface area contributed by atoms with Crippen LogP contribution in [0.3, 0.4) is 0 Å². The Morgan fingerprint density at radius 1 is 1.20 bits per heavy atom. The predicted octanol–water partition coefficient (Wildman–Crippen LogP) is 1.95. The standard InChI is InChI=1S/C14H18F2N2O2/c1-3-18(4-2)12(19)8-9-17-14(20)10-6-5-7-11(15)13(10)16/h5-7H,3-4,8-9H2,1-2H3,(H,17,20). The first-order valence-electron chi connectivity index (χ1n) is 6.51. The molecule has 0 aromatic heterocycles. The van der Waals surface area contributed by atoms with E-state index in [-0.39, 0.29) is 24.4 Å². The second-order valence-electron chi connectivity index (χ2n) is 4.17. The van der Waals surface area contributed by atoms with E-state index in [1.807, 2.05) is 13.8 Å². The minimum Gasteiger partial charge on any atom is -0.351 e. The second-order valence-corrected chi connectivity index (χ2v) is 4.17. The molecular formula is C14H18F2N2O2. The number of amides is 2. The lowest BCUT2D eigenvalue weighted by Gasteiger charge is -2.18. The lowest BCUT2D eigenvalue weighted by molar-refractivity contribution is -0.130. The molecule has 0 unspecified atom stereocenters. The van der Waals surface area contributed by atoms with Crippen molar-refractivity contribution in [3.05, 3.63) is 35.4 Å². The Morgan fingerprint density at radius 2 is 1.85 bits per heavy atom. The molecule has 0 bridgehead atoms. The summed E-state index contributed by atoms with van der Waals surface area (Å²) < 4.78 is 26.3. The van der Waals surface area contributed by atoms with E-state index in [2.05, 4.69) is 5.32 Å². The van der Waals surface area contributed by atoms with E-state index in [0.29, 0.717) is 13.1 Å². The summed E-state index contributed by atoms with van der Waals surface area (Å²) in [5.41, 5.74) is -0.361. The normalized spacial score (nSPS) is 10.2. The van der Waals surface area contributed by atoms with Gasteiger partial charge in [-0.3, -0.25) is 9.59 Å². The van der Waals surface area contributed by atoms with Crippen LogP contribution < -0.4 is 5.32 Å². The summed E-state index contributed by atoms with van der Waals surface area (Å²) in [6.45, 7) is 5.01. The van der Waals surface area contributed by atoms with E-state index in [4.69, 9.17) is 0 Å². The maximum atomic E-state index is 13.4. The number of rotatable bonds is 6. The van der Waals surface area contributed by atoms with Crippen LogP contribution in [0.4, 0.5) is 8.78 Å². The van der Waals surface area contributed by atoms with E-state index in [1.54, 1.807) is 4.90 Å². The fraction of sp³-hybridized carbons (Fsp3) is 0.429. The number of halogens is 2. The third kappa shape index (κ3) is 4.01. The highest BCUT2D eigenvalue weighted by atomic mass is 19.2. The van der Waals surface area contributed by atoms with Crippen molar-refractivity contribution >= 4 is 11.8 Å². The maximum absolute atomic E-state index is 13.4. The molecular weight excluding hydrogens is 266 g/mol. The van der Waals surface area contributed by atoms with Gasteiger partial charge in [0.2, 0.25) is 5.91 Å². The quantitative estimate of drug-likeness (QED) is 0.868. The van der Waals surface area contributed by atoms with Crippen molar-refractivity contribution in [2.75, 3.05) is 19.6 Å². The molecule has 0 heterocycles. The number of nitrogens with one attached hydrogen (secondary N) is 1. The lowest BCUT2D eigenvalue weighted by Crippen LogP contribution is -2.34. The zero-order valence-electron chi connectivity index (χ0n) is 11.6. The SMILES string of the molecule is CCN(CC)C(=O)CCNC(=O)c1cccc(F)c1F. The summed E-state index contributed by atoms with van der Waals surface area (Å²) in [6, 6.07) is 3.39. The average Bonchev–Trinajstić information content (AvgIpc) is 2.43. The van der Waals surface area contributed by atoms with Gasteiger partial charge in [0, 0.05) is 26.1 Å². The van der Waals surface area contributed by atoms with Gasteiger partial charge in [-0.2, -0.15) is 0 Å². The van der Waals surface area contributed by atoms with Gasteiger partial charge < -0.3 is 10.2 Å². The van der Waals surface area contributed by atoms with Gasteiger partial charge in [-0.05, 0) is 26.0 Å². The Morgan fingerprint density at radius 3 is 2.45 bits per heavy atom. The van der Waals surface area contributed by atoms with Crippen LogP contribution in [0, 0.1) is 11.6 Å². The van der Waals surface area contributed by atoms with Crippen molar-refractivity contribution in [3.63, 3.8) is 0 Å². The van der Waals surface area contributed by atoms with Crippen molar-refractivity contribution in [3.8, 4) is 0 Å². The van der Waals surface area contributed by atoms with Gasteiger partial charge in [0.05, 0.1) is 5.56 Å². The van der Waals surface area contributed by atoms with Gasteiger partial charge >= 0.3 is 0 Å². The summed E-state index contributed by atoms with van der Waals surface area (Å²) >= 11 is 0. The first kappa shape index (κ1) is 16.1. The summed E-state index contributed by atoms with van der Waals surface area (Å²) in [5.74, 6) is -3.07. The van der Waals surface area contributed by atoms with Crippen molar-refractivity contribution in [1.82, 2.24) is 10.2 Å². The zero-order chi connectivity index (χ0) is 15.1. The summed E-state index contributed by atoms with van der Waals surface area (Å²) in [7, 11) is 0. The van der Waals surface area contributed by atoms with Crippen LogP contribution >= 0.6 is 0 Å². The highest BCUT2D eigenvalue weighted by Crippen LogP contribution is 2.10. The third-order valence-corrected chi connectivity index (χ3v) is 2.94. The Balaban J connectivity index is 2.52. The summed E-state index contributed by atoms with van der Waals surface area (Å²) in [6.07, 6.45) is 0.129. The predicted molar refractivity (Wildman–Crippen MR) is 71.2 cm³/mol. The van der Waals surface area contributed by atoms with E-state index in [0.717, 1.165) is 6.07 Å². The van der Waals surface area contributed by atoms with E-state index >= 15 is 0 Å². The number of carbonyl (C=O) groups is 2. The molecule has 1 N–H and O–H groups in total. The van der Waals surface area contributed by atoms with Crippen molar-refractivity contribution < 1.29 is 18.4 Å². The molecule has 4 nitrogen and oxygen atoms in total. The lowest BCUT2D eigenvalue weighted by atomic mass is 10.2. The molecule has 0 saturated carbocycles. The molecule has 0 aliphatic carbocycles. The number of nitrogens with zero attached hydrogens (tertiary/aromatic N) is 1. The second kappa shape index (κ2) is 7.57. The highest BCUT2D eigenvalue weighted by Gasteiger charge is 2.15. The Hall–Kier alpha value is -1.98. The van der Waals surface area contributed by atoms with Gasteiger partial charge in [-0.1, -0.05) is 6.07 Å². The zero-order valence-corrected chi connectivity index (χ0v) is 11.6. The first-order chi connectivity index (χ1) is 9.51. The molecule has 1 aromatic rings. The molecule has 1 rings (SSSR count). The molecule has 0 aliphatic rings. The van der Waals surface area contributed by atoms with Crippen LogP contribution in [0.25, 0.3) is 0 Å². The van der Waals surface area contributed by atoms with Crippen molar-refractivity contribution in [1.29, 1.82) is 0 Å². The van der Waals surface area contributed by atoms with Gasteiger partial charge in [0.15, 0.2) is 11.6 Å². The molecule has 0 radical (unpaired) electrons. The van der Waals surface area contributed by atoms with Crippen LogP contribution in [-0.2, 0) is 4.79 Å². The molecule has 0 fully saturated rings. The van der Waals surface area contributed by atoms with Gasteiger partial charge in [-0.15, -0.1) is 0 Å². The maximum Gasteiger partial charge on any atom is 0.254 e. The fourth-order valence-electron chi connectivity index (χ4n) is 1.79. The number of hydrogen-bond acceptors (Lipinski definition) is 2. The van der Waals surface area contributed by atoms with Crippen molar-refractivity contribution in [2.24, 2.45) is 0 Å². The Bertz CT molecular complexity index is 488. The number of carbonyl (C=O) groups excluding carboxylic acids is 2. The number of hydrogen-bond donors (Lipinski definition) is 1. The summed E-state index contributed by atoms with van der Waals surface area (Å²) in [4.78, 5) is 25.0. The highest BCUT2D eigenvalue weighted by molar-refractivity contribution is 5.94. The van der Waals surface area contributed by atoms with Crippen LogP contribution in [0.1, 0.15) is 30.6 Å².